The topological polar surface area (TPSA) is 45.7 Å². The Labute approximate surface area is 139 Å². The number of ether oxygens (including phenoxy) is 1. The summed E-state index contributed by atoms with van der Waals surface area (Å²) in [6.07, 6.45) is 0.701. The van der Waals surface area contributed by atoms with Crippen molar-refractivity contribution >= 4 is 17.4 Å². The molecule has 6 heteroatoms. The molecule has 2 saturated heterocycles. The molecule has 0 N–H and O–H groups in total. The van der Waals surface area contributed by atoms with Gasteiger partial charge in [0.2, 0.25) is 0 Å². The van der Waals surface area contributed by atoms with Gasteiger partial charge in [0.1, 0.15) is 10.6 Å². The maximum atomic E-state index is 11.6. The number of rotatable bonds is 3. The zero-order valence-electron chi connectivity index (χ0n) is 13.1. The highest BCUT2D eigenvalue weighted by atomic mass is 32.1. The minimum absolute atomic E-state index is 0.201. The van der Waals surface area contributed by atoms with Gasteiger partial charge in [-0.05, 0) is 0 Å². The second kappa shape index (κ2) is 5.62. The average molecular weight is 329 g/mol. The molecule has 2 aliphatic heterocycles. The zero-order chi connectivity index (χ0) is 15.9. The van der Waals surface area contributed by atoms with Crippen LogP contribution >= 0.6 is 11.3 Å². The Morgan fingerprint density at radius 3 is 2.87 bits per heavy atom. The van der Waals surface area contributed by atoms with E-state index in [1.165, 1.54) is 0 Å². The molecule has 2 aromatic rings. The number of hydrogen-bond donors (Lipinski definition) is 0. The second-order valence-corrected chi connectivity index (χ2v) is 7.30. The van der Waals surface area contributed by atoms with Crippen LogP contribution in [-0.4, -0.2) is 53.2 Å². The van der Waals surface area contributed by atoms with Gasteiger partial charge in [-0.1, -0.05) is 30.3 Å². The number of likely N-dealkylation sites (N-methyl/N-ethyl adjacent to an activating group) is 1. The van der Waals surface area contributed by atoms with Crippen molar-refractivity contribution in [2.45, 2.75) is 18.6 Å². The summed E-state index contributed by atoms with van der Waals surface area (Å²) < 4.78 is 5.59. The van der Waals surface area contributed by atoms with Crippen molar-refractivity contribution in [3.8, 4) is 11.3 Å². The Balaban J connectivity index is 1.42. The summed E-state index contributed by atoms with van der Waals surface area (Å²) in [6, 6.07) is 10.2. The van der Waals surface area contributed by atoms with Crippen molar-refractivity contribution in [2.75, 3.05) is 26.7 Å². The lowest BCUT2D eigenvalue weighted by Crippen LogP contribution is -2.37. The third-order valence-corrected chi connectivity index (χ3v) is 5.35. The second-order valence-electron chi connectivity index (χ2n) is 6.36. The fraction of sp³-hybridized carbons (Fsp3) is 0.412. The predicted molar refractivity (Wildman–Crippen MR) is 89.3 cm³/mol. The summed E-state index contributed by atoms with van der Waals surface area (Å²) in [5.74, 6) is 0. The molecule has 120 valence electrons. The Kier molecular flexibility index (Phi) is 3.58. The van der Waals surface area contributed by atoms with Crippen LogP contribution in [0.1, 0.15) is 11.4 Å². The van der Waals surface area contributed by atoms with E-state index in [1.807, 2.05) is 18.2 Å². The fourth-order valence-electron chi connectivity index (χ4n) is 3.38. The first kappa shape index (κ1) is 14.7. The normalized spacial score (nSPS) is 24.6. The minimum atomic E-state index is -0.314. The molecule has 4 rings (SSSR count). The highest BCUT2D eigenvalue weighted by molar-refractivity contribution is 7.09. The van der Waals surface area contributed by atoms with Crippen molar-refractivity contribution in [1.82, 2.24) is 14.8 Å². The highest BCUT2D eigenvalue weighted by Gasteiger charge is 2.48. The molecule has 1 amide bonds. The first-order valence-corrected chi connectivity index (χ1v) is 8.68. The Hall–Kier alpha value is -1.92. The van der Waals surface area contributed by atoms with Gasteiger partial charge in [0.05, 0.1) is 18.8 Å². The number of nitrogens with zero attached hydrogens (tertiary/aromatic N) is 3. The summed E-state index contributed by atoms with van der Waals surface area (Å²) in [5.41, 5.74) is 1.87. The molecule has 1 aromatic heterocycles. The van der Waals surface area contributed by atoms with Crippen LogP contribution in [0.4, 0.5) is 4.79 Å². The number of benzene rings is 1. The quantitative estimate of drug-likeness (QED) is 0.869. The van der Waals surface area contributed by atoms with Gasteiger partial charge in [-0.2, -0.15) is 0 Å². The van der Waals surface area contributed by atoms with E-state index in [2.05, 4.69) is 22.4 Å². The van der Waals surface area contributed by atoms with Gasteiger partial charge in [0.25, 0.3) is 0 Å². The van der Waals surface area contributed by atoms with Crippen LogP contribution in [-0.2, 0) is 11.3 Å². The molecular formula is C17H19N3O2S. The van der Waals surface area contributed by atoms with Crippen molar-refractivity contribution in [1.29, 1.82) is 0 Å². The number of carbonyl (C=O) groups is 1. The largest absolute Gasteiger partial charge is 0.439 e. The maximum Gasteiger partial charge on any atom is 0.410 e. The third kappa shape index (κ3) is 2.84. The summed E-state index contributed by atoms with van der Waals surface area (Å²) in [6.45, 7) is 3.25. The number of aromatic nitrogens is 1. The van der Waals surface area contributed by atoms with Crippen molar-refractivity contribution in [2.24, 2.45) is 0 Å². The maximum absolute atomic E-state index is 11.6. The molecule has 2 aliphatic rings. The molecule has 3 heterocycles. The molecule has 2 fully saturated rings. The summed E-state index contributed by atoms with van der Waals surface area (Å²) >= 11 is 1.69. The average Bonchev–Trinajstić information content (AvgIpc) is 3.22. The molecule has 0 bridgehead atoms. The van der Waals surface area contributed by atoms with Crippen LogP contribution in [0, 0.1) is 0 Å². The first-order chi connectivity index (χ1) is 11.1. The lowest BCUT2D eigenvalue weighted by Gasteiger charge is -2.21. The van der Waals surface area contributed by atoms with Gasteiger partial charge < -0.3 is 9.64 Å². The van der Waals surface area contributed by atoms with Crippen LogP contribution in [0.2, 0.25) is 0 Å². The number of carbonyl (C=O) groups excluding carboxylic acids is 1. The summed E-state index contributed by atoms with van der Waals surface area (Å²) in [4.78, 5) is 20.4. The first-order valence-electron chi connectivity index (χ1n) is 7.80. The van der Waals surface area contributed by atoms with Crippen LogP contribution in [0.5, 0.6) is 0 Å². The van der Waals surface area contributed by atoms with Gasteiger partial charge in [-0.15, -0.1) is 11.3 Å². The van der Waals surface area contributed by atoms with Gasteiger partial charge in [-0.3, -0.25) is 4.90 Å². The van der Waals surface area contributed by atoms with Crippen LogP contribution in [0.3, 0.4) is 0 Å². The Bertz CT molecular complexity index is 718. The number of thiazole rings is 1. The standard InChI is InChI=1S/C17H19N3O2S/c1-19-11-17(22-16(19)21)7-8-20(12-17)9-15-18-14(10-23-15)13-5-3-2-4-6-13/h2-6,10H,7-9,11-12H2,1H3/t17-/m0/s1. The monoisotopic (exact) mass is 329 g/mol. The third-order valence-electron chi connectivity index (χ3n) is 4.52. The lowest BCUT2D eigenvalue weighted by atomic mass is 10.0. The number of amides is 1. The number of hydrogen-bond acceptors (Lipinski definition) is 5. The van der Waals surface area contributed by atoms with E-state index in [1.54, 1.807) is 23.3 Å². The molecule has 23 heavy (non-hydrogen) atoms. The predicted octanol–water partition coefficient (Wildman–Crippen LogP) is 2.84. The van der Waals surface area contributed by atoms with E-state index >= 15 is 0 Å². The molecule has 0 saturated carbocycles. The summed E-state index contributed by atoms with van der Waals surface area (Å²) in [7, 11) is 1.80. The van der Waals surface area contributed by atoms with E-state index < -0.39 is 0 Å². The van der Waals surface area contributed by atoms with Crippen molar-refractivity contribution in [3.05, 3.63) is 40.7 Å². The van der Waals surface area contributed by atoms with E-state index in [9.17, 15) is 4.79 Å². The lowest BCUT2D eigenvalue weighted by molar-refractivity contribution is 0.0627. The highest BCUT2D eigenvalue weighted by Crippen LogP contribution is 2.33. The molecule has 0 unspecified atom stereocenters. The van der Waals surface area contributed by atoms with Crippen LogP contribution < -0.4 is 0 Å². The SMILES string of the molecule is CN1C[C@]2(CCN(Cc3nc(-c4ccccc4)cs3)C2)OC1=O. The molecule has 1 atom stereocenters. The Morgan fingerprint density at radius 2 is 2.13 bits per heavy atom. The molecule has 5 nitrogen and oxygen atoms in total. The molecule has 0 aliphatic carbocycles. The molecule has 1 aromatic carbocycles. The zero-order valence-corrected chi connectivity index (χ0v) is 13.9. The van der Waals surface area contributed by atoms with E-state index in [0.29, 0.717) is 6.54 Å². The van der Waals surface area contributed by atoms with E-state index in [0.717, 1.165) is 42.3 Å². The molecule has 0 radical (unpaired) electrons. The van der Waals surface area contributed by atoms with Crippen LogP contribution in [0.15, 0.2) is 35.7 Å². The summed E-state index contributed by atoms with van der Waals surface area (Å²) in [5, 5.41) is 3.22. The van der Waals surface area contributed by atoms with Gasteiger partial charge in [-0.25, -0.2) is 9.78 Å². The smallest absolute Gasteiger partial charge is 0.410 e. The van der Waals surface area contributed by atoms with Crippen molar-refractivity contribution < 1.29 is 9.53 Å². The van der Waals surface area contributed by atoms with Gasteiger partial charge in [0.15, 0.2) is 0 Å². The van der Waals surface area contributed by atoms with E-state index in [-0.39, 0.29) is 11.7 Å². The van der Waals surface area contributed by atoms with Gasteiger partial charge >= 0.3 is 6.09 Å². The molecule has 1 spiro atoms. The van der Waals surface area contributed by atoms with Crippen molar-refractivity contribution in [3.63, 3.8) is 0 Å². The number of likely N-dealkylation sites (tertiary alicyclic amines) is 1. The minimum Gasteiger partial charge on any atom is -0.439 e. The fourth-order valence-corrected chi connectivity index (χ4v) is 4.23. The Morgan fingerprint density at radius 1 is 1.30 bits per heavy atom. The van der Waals surface area contributed by atoms with Crippen LogP contribution in [0.25, 0.3) is 11.3 Å². The molecular weight excluding hydrogens is 310 g/mol. The van der Waals surface area contributed by atoms with Gasteiger partial charge in [0, 0.05) is 37.5 Å². The van der Waals surface area contributed by atoms with E-state index in [4.69, 9.17) is 9.72 Å².